The SMILES string of the molecule is CCCCNC(=O)C1CCN(Cc2nnnn2C2CC2)CC1. The van der Waals surface area contributed by atoms with Crippen LogP contribution >= 0.6 is 0 Å². The zero-order valence-corrected chi connectivity index (χ0v) is 13.4. The van der Waals surface area contributed by atoms with Crippen LogP contribution in [0.1, 0.15) is 57.3 Å². The van der Waals surface area contributed by atoms with Gasteiger partial charge in [0, 0.05) is 12.5 Å². The van der Waals surface area contributed by atoms with Gasteiger partial charge in [-0.2, -0.15) is 0 Å². The number of unbranched alkanes of at least 4 members (excludes halogenated alkanes) is 1. The normalized spacial score (nSPS) is 20.2. The molecule has 1 saturated heterocycles. The average molecular weight is 306 g/mol. The molecule has 7 nitrogen and oxygen atoms in total. The van der Waals surface area contributed by atoms with E-state index in [1.54, 1.807) is 0 Å². The van der Waals surface area contributed by atoms with Crippen molar-refractivity contribution in [2.75, 3.05) is 19.6 Å². The van der Waals surface area contributed by atoms with Crippen molar-refractivity contribution in [3.8, 4) is 0 Å². The fourth-order valence-corrected chi connectivity index (χ4v) is 3.01. The number of piperidine rings is 1. The van der Waals surface area contributed by atoms with E-state index in [0.29, 0.717) is 6.04 Å². The summed E-state index contributed by atoms with van der Waals surface area (Å²) in [5.41, 5.74) is 0. The van der Waals surface area contributed by atoms with Crippen molar-refractivity contribution >= 4 is 5.91 Å². The summed E-state index contributed by atoms with van der Waals surface area (Å²) in [5, 5.41) is 15.1. The minimum absolute atomic E-state index is 0.174. The molecule has 0 unspecified atom stereocenters. The van der Waals surface area contributed by atoms with E-state index >= 15 is 0 Å². The van der Waals surface area contributed by atoms with E-state index in [4.69, 9.17) is 0 Å². The predicted molar refractivity (Wildman–Crippen MR) is 82.0 cm³/mol. The van der Waals surface area contributed by atoms with Crippen LogP contribution in [0.15, 0.2) is 0 Å². The number of aromatic nitrogens is 4. The van der Waals surface area contributed by atoms with Crippen molar-refractivity contribution < 1.29 is 4.79 Å². The number of likely N-dealkylation sites (tertiary alicyclic amines) is 1. The van der Waals surface area contributed by atoms with Crippen LogP contribution in [0.5, 0.6) is 0 Å². The van der Waals surface area contributed by atoms with Crippen LogP contribution in [0.4, 0.5) is 0 Å². The molecule has 2 aliphatic rings. The second-order valence-corrected chi connectivity index (χ2v) is 6.47. The number of tetrazole rings is 1. The van der Waals surface area contributed by atoms with Gasteiger partial charge in [-0.3, -0.25) is 9.69 Å². The monoisotopic (exact) mass is 306 g/mol. The molecule has 0 bridgehead atoms. The van der Waals surface area contributed by atoms with E-state index in [1.807, 2.05) is 4.68 Å². The Morgan fingerprint density at radius 3 is 2.73 bits per heavy atom. The van der Waals surface area contributed by atoms with Gasteiger partial charge in [0.15, 0.2) is 5.82 Å². The molecule has 1 saturated carbocycles. The van der Waals surface area contributed by atoms with E-state index in [1.165, 1.54) is 12.8 Å². The van der Waals surface area contributed by atoms with Crippen molar-refractivity contribution in [1.82, 2.24) is 30.4 Å². The lowest BCUT2D eigenvalue weighted by molar-refractivity contribution is -0.126. The third-order valence-electron chi connectivity index (χ3n) is 4.61. The first-order valence-electron chi connectivity index (χ1n) is 8.54. The second kappa shape index (κ2) is 7.17. The molecule has 1 aliphatic carbocycles. The number of nitrogens with one attached hydrogen (secondary N) is 1. The highest BCUT2D eigenvalue weighted by molar-refractivity contribution is 5.78. The van der Waals surface area contributed by atoms with E-state index in [0.717, 1.165) is 57.7 Å². The molecule has 1 aliphatic heterocycles. The molecule has 122 valence electrons. The smallest absolute Gasteiger partial charge is 0.223 e. The van der Waals surface area contributed by atoms with E-state index in [2.05, 4.69) is 32.7 Å². The summed E-state index contributed by atoms with van der Waals surface area (Å²) in [6.45, 7) is 5.64. The van der Waals surface area contributed by atoms with Crippen LogP contribution in [0, 0.1) is 5.92 Å². The number of carbonyl (C=O) groups excluding carboxylic acids is 1. The highest BCUT2D eigenvalue weighted by Gasteiger charge is 2.30. The fraction of sp³-hybridized carbons (Fsp3) is 0.867. The fourth-order valence-electron chi connectivity index (χ4n) is 3.01. The molecular formula is C15H26N6O. The van der Waals surface area contributed by atoms with Crippen molar-refractivity contribution in [3.05, 3.63) is 5.82 Å². The number of nitrogens with zero attached hydrogens (tertiary/aromatic N) is 5. The molecule has 3 rings (SSSR count). The van der Waals surface area contributed by atoms with Crippen LogP contribution < -0.4 is 5.32 Å². The third kappa shape index (κ3) is 3.82. The number of hydrogen-bond donors (Lipinski definition) is 1. The lowest BCUT2D eigenvalue weighted by Gasteiger charge is -2.30. The van der Waals surface area contributed by atoms with Crippen LogP contribution in [-0.2, 0) is 11.3 Å². The molecule has 0 atom stereocenters. The Bertz CT molecular complexity index is 490. The van der Waals surface area contributed by atoms with Gasteiger partial charge in [-0.25, -0.2) is 4.68 Å². The quantitative estimate of drug-likeness (QED) is 0.764. The van der Waals surface area contributed by atoms with Crippen molar-refractivity contribution in [1.29, 1.82) is 0 Å². The third-order valence-corrected chi connectivity index (χ3v) is 4.61. The van der Waals surface area contributed by atoms with Crippen LogP contribution in [-0.4, -0.2) is 50.6 Å². The largest absolute Gasteiger partial charge is 0.356 e. The Balaban J connectivity index is 1.43. The Morgan fingerprint density at radius 2 is 2.05 bits per heavy atom. The number of hydrogen-bond acceptors (Lipinski definition) is 5. The Hall–Kier alpha value is -1.50. The summed E-state index contributed by atoms with van der Waals surface area (Å²) in [6.07, 6.45) is 6.44. The molecule has 1 amide bonds. The average Bonchev–Trinajstić information content (AvgIpc) is 3.28. The zero-order chi connectivity index (χ0) is 15.4. The zero-order valence-electron chi connectivity index (χ0n) is 13.4. The number of rotatable bonds is 7. The standard InChI is InChI=1S/C15H26N6O/c1-2-3-8-16-15(22)12-6-9-20(10-7-12)11-14-17-18-19-21(14)13-4-5-13/h12-13H,2-11H2,1H3,(H,16,22). The van der Waals surface area contributed by atoms with Crippen LogP contribution in [0.2, 0.25) is 0 Å². The van der Waals surface area contributed by atoms with Gasteiger partial charge in [0.25, 0.3) is 0 Å². The van der Waals surface area contributed by atoms with Gasteiger partial charge in [-0.1, -0.05) is 13.3 Å². The Morgan fingerprint density at radius 1 is 1.27 bits per heavy atom. The first-order chi connectivity index (χ1) is 10.8. The van der Waals surface area contributed by atoms with E-state index in [-0.39, 0.29) is 11.8 Å². The molecule has 1 aromatic heterocycles. The molecule has 0 aromatic carbocycles. The lowest BCUT2D eigenvalue weighted by Crippen LogP contribution is -2.40. The minimum atomic E-state index is 0.174. The first-order valence-corrected chi connectivity index (χ1v) is 8.54. The summed E-state index contributed by atoms with van der Waals surface area (Å²) in [6, 6.07) is 0.520. The number of carbonyl (C=O) groups is 1. The predicted octanol–water partition coefficient (Wildman–Crippen LogP) is 1.14. The molecule has 7 heteroatoms. The highest BCUT2D eigenvalue weighted by Crippen LogP contribution is 2.34. The number of amides is 1. The first kappa shape index (κ1) is 15.4. The van der Waals surface area contributed by atoms with Gasteiger partial charge < -0.3 is 5.32 Å². The van der Waals surface area contributed by atoms with Crippen LogP contribution in [0.3, 0.4) is 0 Å². The molecule has 2 fully saturated rings. The van der Waals surface area contributed by atoms with Crippen molar-refractivity contribution in [2.24, 2.45) is 5.92 Å². The van der Waals surface area contributed by atoms with Gasteiger partial charge in [-0.05, 0) is 55.6 Å². The maximum atomic E-state index is 12.1. The summed E-state index contributed by atoms with van der Waals surface area (Å²) in [4.78, 5) is 14.4. The van der Waals surface area contributed by atoms with Gasteiger partial charge in [-0.15, -0.1) is 5.10 Å². The lowest BCUT2D eigenvalue weighted by atomic mass is 9.96. The minimum Gasteiger partial charge on any atom is -0.356 e. The molecule has 1 N–H and O–H groups in total. The molecule has 1 aromatic rings. The van der Waals surface area contributed by atoms with Crippen molar-refractivity contribution in [2.45, 2.75) is 58.0 Å². The topological polar surface area (TPSA) is 75.9 Å². The maximum absolute atomic E-state index is 12.1. The summed E-state index contributed by atoms with van der Waals surface area (Å²) < 4.78 is 1.98. The van der Waals surface area contributed by atoms with Gasteiger partial charge >= 0.3 is 0 Å². The van der Waals surface area contributed by atoms with E-state index in [9.17, 15) is 4.79 Å². The highest BCUT2D eigenvalue weighted by atomic mass is 16.1. The van der Waals surface area contributed by atoms with Crippen molar-refractivity contribution in [3.63, 3.8) is 0 Å². The molecule has 0 spiro atoms. The molecule has 2 heterocycles. The summed E-state index contributed by atoms with van der Waals surface area (Å²) in [7, 11) is 0. The van der Waals surface area contributed by atoms with Gasteiger partial charge in [0.1, 0.15) is 0 Å². The Labute approximate surface area is 131 Å². The molecule has 22 heavy (non-hydrogen) atoms. The maximum Gasteiger partial charge on any atom is 0.223 e. The second-order valence-electron chi connectivity index (χ2n) is 6.47. The van der Waals surface area contributed by atoms with Crippen LogP contribution in [0.25, 0.3) is 0 Å². The van der Waals surface area contributed by atoms with Gasteiger partial charge in [0.05, 0.1) is 12.6 Å². The summed E-state index contributed by atoms with van der Waals surface area (Å²) in [5.74, 6) is 1.37. The Kier molecular flexibility index (Phi) is 5.02. The molecular weight excluding hydrogens is 280 g/mol. The van der Waals surface area contributed by atoms with Gasteiger partial charge in [0.2, 0.25) is 5.91 Å². The summed E-state index contributed by atoms with van der Waals surface area (Å²) >= 11 is 0. The van der Waals surface area contributed by atoms with E-state index < -0.39 is 0 Å². The molecule has 0 radical (unpaired) electrons.